The summed E-state index contributed by atoms with van der Waals surface area (Å²) >= 11 is 0. The first-order valence-electron chi connectivity index (χ1n) is 10.9. The second-order valence-electron chi connectivity index (χ2n) is 7.93. The van der Waals surface area contributed by atoms with Crippen molar-refractivity contribution in [3.63, 3.8) is 0 Å². The number of hydrogen-bond donors (Lipinski definition) is 1. The van der Waals surface area contributed by atoms with Gasteiger partial charge < -0.3 is 14.8 Å². The molecule has 0 spiro atoms. The molecule has 2 aromatic heterocycles. The van der Waals surface area contributed by atoms with E-state index in [0.29, 0.717) is 19.5 Å². The molecule has 0 radical (unpaired) electrons. The highest BCUT2D eigenvalue weighted by Gasteiger charge is 2.19. The van der Waals surface area contributed by atoms with E-state index in [9.17, 15) is 4.79 Å². The maximum atomic E-state index is 12.5. The fourth-order valence-electron chi connectivity index (χ4n) is 3.94. The van der Waals surface area contributed by atoms with Crippen LogP contribution in [0.25, 0.3) is 22.3 Å². The molecule has 2 heterocycles. The highest BCUT2D eigenvalue weighted by Crippen LogP contribution is 2.35. The number of rotatable bonds is 8. The lowest BCUT2D eigenvalue weighted by Gasteiger charge is -2.07. The van der Waals surface area contributed by atoms with E-state index >= 15 is 0 Å². The van der Waals surface area contributed by atoms with E-state index in [1.165, 1.54) is 0 Å². The molecule has 4 rings (SSSR count). The van der Waals surface area contributed by atoms with Gasteiger partial charge in [-0.05, 0) is 55.3 Å². The predicted molar refractivity (Wildman–Crippen MR) is 128 cm³/mol. The number of hydrogen-bond acceptors (Lipinski definition) is 5. The number of nitrogens with one attached hydrogen (secondary N) is 1. The van der Waals surface area contributed by atoms with Crippen molar-refractivity contribution in [3.05, 3.63) is 71.4 Å². The summed E-state index contributed by atoms with van der Waals surface area (Å²) in [5, 5.41) is 8.81. The van der Waals surface area contributed by atoms with Crippen LogP contribution in [0.15, 0.2) is 54.6 Å². The van der Waals surface area contributed by atoms with E-state index in [-0.39, 0.29) is 5.91 Å². The third-order valence-corrected chi connectivity index (χ3v) is 5.59. The minimum Gasteiger partial charge on any atom is -0.497 e. The molecule has 0 unspecified atom stereocenters. The maximum Gasteiger partial charge on any atom is 0.222 e. The van der Waals surface area contributed by atoms with Gasteiger partial charge in [-0.1, -0.05) is 24.3 Å². The molecule has 0 aliphatic heterocycles. The molecule has 1 amide bonds. The van der Waals surface area contributed by atoms with Crippen molar-refractivity contribution in [2.24, 2.45) is 0 Å². The molecule has 0 saturated heterocycles. The molecule has 0 aliphatic rings. The molecule has 7 nitrogen and oxygen atoms in total. The van der Waals surface area contributed by atoms with E-state index in [1.807, 2.05) is 60.1 Å². The van der Waals surface area contributed by atoms with E-state index in [1.54, 1.807) is 14.2 Å². The van der Waals surface area contributed by atoms with Gasteiger partial charge in [0.2, 0.25) is 5.91 Å². The third kappa shape index (κ3) is 4.82. The number of fused-ring (bicyclic) bond motifs is 1. The highest BCUT2D eigenvalue weighted by atomic mass is 16.5. The quantitative estimate of drug-likeness (QED) is 0.435. The molecule has 2 aromatic carbocycles. The van der Waals surface area contributed by atoms with Crippen LogP contribution < -0.4 is 14.8 Å². The zero-order chi connectivity index (χ0) is 23.4. The van der Waals surface area contributed by atoms with Gasteiger partial charge in [0.1, 0.15) is 17.2 Å². The Bertz CT molecular complexity index is 1280. The summed E-state index contributed by atoms with van der Waals surface area (Å²) in [6.07, 6.45) is 0.299. The van der Waals surface area contributed by atoms with Gasteiger partial charge in [-0.3, -0.25) is 4.79 Å². The number of para-hydroxylation sites is 1. The summed E-state index contributed by atoms with van der Waals surface area (Å²) in [5.41, 5.74) is 5.51. The lowest BCUT2D eigenvalue weighted by atomic mass is 10.0. The standard InChI is InChI=1S/C26H28N4O3/c1-17-15-18(2)28-26-24(17)25(21-7-5-6-8-22(21)33-4)29-30(26)14-13-23(31)27-16-19-9-11-20(32-3)12-10-19/h5-12,15H,13-14,16H2,1-4H3,(H,27,31). The summed E-state index contributed by atoms with van der Waals surface area (Å²) < 4.78 is 12.6. The minimum atomic E-state index is -0.0438. The van der Waals surface area contributed by atoms with E-state index < -0.39 is 0 Å². The number of ether oxygens (including phenoxy) is 2. The smallest absolute Gasteiger partial charge is 0.222 e. The molecule has 0 bridgehead atoms. The second kappa shape index (κ2) is 9.73. The zero-order valence-electron chi connectivity index (χ0n) is 19.4. The van der Waals surface area contributed by atoms with E-state index in [4.69, 9.17) is 19.6 Å². The Labute approximate surface area is 193 Å². The van der Waals surface area contributed by atoms with Crippen LogP contribution in [0.3, 0.4) is 0 Å². The number of carbonyl (C=O) groups excluding carboxylic acids is 1. The molecule has 1 N–H and O–H groups in total. The summed E-state index contributed by atoms with van der Waals surface area (Å²) in [6.45, 7) is 4.92. The summed E-state index contributed by atoms with van der Waals surface area (Å²) in [5.74, 6) is 1.50. The Morgan fingerprint density at radius 2 is 1.79 bits per heavy atom. The first-order chi connectivity index (χ1) is 16.0. The molecular formula is C26H28N4O3. The van der Waals surface area contributed by atoms with Crippen molar-refractivity contribution in [3.8, 4) is 22.8 Å². The number of aromatic nitrogens is 3. The average Bonchev–Trinajstić information content (AvgIpc) is 3.20. The SMILES string of the molecule is COc1ccc(CNC(=O)CCn2nc(-c3ccccc3OC)c3c(C)cc(C)nc32)cc1. The molecule has 0 aliphatic carbocycles. The van der Waals surface area contributed by atoms with Crippen LogP contribution in [-0.4, -0.2) is 34.9 Å². The van der Waals surface area contributed by atoms with Crippen molar-refractivity contribution in [1.29, 1.82) is 0 Å². The fourth-order valence-corrected chi connectivity index (χ4v) is 3.94. The minimum absolute atomic E-state index is 0.0438. The molecule has 170 valence electrons. The Morgan fingerprint density at radius 1 is 1.03 bits per heavy atom. The number of amides is 1. The monoisotopic (exact) mass is 444 g/mol. The number of carbonyl (C=O) groups is 1. The van der Waals surface area contributed by atoms with E-state index in [0.717, 1.165) is 50.6 Å². The predicted octanol–water partition coefficient (Wildman–Crippen LogP) is 4.44. The van der Waals surface area contributed by atoms with Gasteiger partial charge in [0.05, 0.1) is 26.2 Å². The first-order valence-corrected chi connectivity index (χ1v) is 10.9. The molecule has 0 atom stereocenters. The zero-order valence-corrected chi connectivity index (χ0v) is 19.4. The largest absolute Gasteiger partial charge is 0.497 e. The van der Waals surface area contributed by atoms with Crippen molar-refractivity contribution in [1.82, 2.24) is 20.1 Å². The molecule has 0 fully saturated rings. The van der Waals surface area contributed by atoms with Crippen LogP contribution in [-0.2, 0) is 17.9 Å². The van der Waals surface area contributed by atoms with Crippen molar-refractivity contribution in [2.75, 3.05) is 14.2 Å². The first kappa shape index (κ1) is 22.3. The number of pyridine rings is 1. The van der Waals surface area contributed by atoms with Crippen LogP contribution in [0.1, 0.15) is 23.2 Å². The van der Waals surface area contributed by atoms with Crippen LogP contribution in [0.5, 0.6) is 11.5 Å². The highest BCUT2D eigenvalue weighted by molar-refractivity contribution is 5.95. The van der Waals surface area contributed by atoms with Crippen molar-refractivity contribution < 1.29 is 14.3 Å². The van der Waals surface area contributed by atoms with Crippen LogP contribution in [0, 0.1) is 13.8 Å². The van der Waals surface area contributed by atoms with Gasteiger partial charge >= 0.3 is 0 Å². The van der Waals surface area contributed by atoms with Crippen molar-refractivity contribution in [2.45, 2.75) is 33.4 Å². The third-order valence-electron chi connectivity index (χ3n) is 5.59. The fraction of sp³-hybridized carbons (Fsp3) is 0.269. The van der Waals surface area contributed by atoms with Crippen LogP contribution in [0.4, 0.5) is 0 Å². The number of aryl methyl sites for hydroxylation is 3. The lowest BCUT2D eigenvalue weighted by Crippen LogP contribution is -2.24. The lowest BCUT2D eigenvalue weighted by molar-refractivity contribution is -0.121. The normalized spacial score (nSPS) is 10.9. The molecule has 4 aromatic rings. The summed E-state index contributed by atoms with van der Waals surface area (Å²) in [6, 6.07) is 17.5. The van der Waals surface area contributed by atoms with Gasteiger partial charge in [0.25, 0.3) is 0 Å². The van der Waals surface area contributed by atoms with Crippen molar-refractivity contribution >= 4 is 16.9 Å². The Hall–Kier alpha value is -3.87. The topological polar surface area (TPSA) is 78.3 Å². The number of benzene rings is 2. The Morgan fingerprint density at radius 3 is 2.52 bits per heavy atom. The van der Waals surface area contributed by atoms with Crippen LogP contribution in [0.2, 0.25) is 0 Å². The number of nitrogens with zero attached hydrogens (tertiary/aromatic N) is 3. The van der Waals surface area contributed by atoms with Gasteiger partial charge in [-0.15, -0.1) is 0 Å². The van der Waals surface area contributed by atoms with Crippen LogP contribution >= 0.6 is 0 Å². The van der Waals surface area contributed by atoms with Gasteiger partial charge in [0.15, 0.2) is 5.65 Å². The van der Waals surface area contributed by atoms with Gasteiger partial charge in [0, 0.05) is 24.2 Å². The summed E-state index contributed by atoms with van der Waals surface area (Å²) in [7, 11) is 3.29. The summed E-state index contributed by atoms with van der Waals surface area (Å²) in [4.78, 5) is 17.3. The Balaban J connectivity index is 1.55. The molecule has 33 heavy (non-hydrogen) atoms. The average molecular weight is 445 g/mol. The molecule has 0 saturated carbocycles. The molecule has 7 heteroatoms. The maximum absolute atomic E-state index is 12.5. The van der Waals surface area contributed by atoms with Gasteiger partial charge in [-0.25, -0.2) is 9.67 Å². The Kier molecular flexibility index (Phi) is 6.58. The molecular weight excluding hydrogens is 416 g/mol. The number of methoxy groups -OCH3 is 2. The van der Waals surface area contributed by atoms with Gasteiger partial charge in [-0.2, -0.15) is 5.10 Å². The van der Waals surface area contributed by atoms with E-state index in [2.05, 4.69) is 18.3 Å². The second-order valence-corrected chi connectivity index (χ2v) is 7.93.